The Balaban J connectivity index is 1.67. The molecule has 3 unspecified atom stereocenters. The molecule has 104 valence electrons. The number of aryl methyl sites for hydroxylation is 1. The van der Waals surface area contributed by atoms with E-state index in [1.807, 2.05) is 13.1 Å². The van der Waals surface area contributed by atoms with Crippen molar-refractivity contribution in [3.05, 3.63) is 23.0 Å². The third-order valence-corrected chi connectivity index (χ3v) is 5.02. The first-order valence-electron chi connectivity index (χ1n) is 7.41. The van der Waals surface area contributed by atoms with Gasteiger partial charge in [0.25, 0.3) is 0 Å². The van der Waals surface area contributed by atoms with Crippen LogP contribution < -0.4 is 10.1 Å². The van der Waals surface area contributed by atoms with Crippen LogP contribution in [-0.2, 0) is 6.54 Å². The Morgan fingerprint density at radius 1 is 1.32 bits per heavy atom. The van der Waals surface area contributed by atoms with Crippen molar-refractivity contribution in [1.82, 2.24) is 10.3 Å². The Labute approximate surface area is 115 Å². The number of pyridine rings is 1. The fourth-order valence-electron chi connectivity index (χ4n) is 3.97. The van der Waals surface area contributed by atoms with Crippen molar-refractivity contribution in [1.29, 1.82) is 0 Å². The second-order valence-corrected chi connectivity index (χ2v) is 6.21. The molecular weight excluding hydrogens is 236 g/mol. The summed E-state index contributed by atoms with van der Waals surface area (Å²) in [5, 5.41) is 3.72. The molecule has 2 bridgehead atoms. The van der Waals surface area contributed by atoms with E-state index in [4.69, 9.17) is 4.74 Å². The van der Waals surface area contributed by atoms with Crippen molar-refractivity contribution in [2.75, 3.05) is 7.11 Å². The van der Waals surface area contributed by atoms with Gasteiger partial charge in [-0.1, -0.05) is 6.42 Å². The predicted molar refractivity (Wildman–Crippen MR) is 76.3 cm³/mol. The zero-order chi connectivity index (χ0) is 13.4. The third kappa shape index (κ3) is 2.36. The molecular formula is C16H24N2O. The second-order valence-electron chi connectivity index (χ2n) is 6.21. The van der Waals surface area contributed by atoms with Gasteiger partial charge in [-0.2, -0.15) is 0 Å². The molecule has 3 atom stereocenters. The van der Waals surface area contributed by atoms with Crippen LogP contribution in [0.1, 0.15) is 42.5 Å². The summed E-state index contributed by atoms with van der Waals surface area (Å²) >= 11 is 0. The molecule has 0 saturated heterocycles. The van der Waals surface area contributed by atoms with Gasteiger partial charge in [-0.05, 0) is 44.9 Å². The van der Waals surface area contributed by atoms with Crippen LogP contribution in [-0.4, -0.2) is 18.1 Å². The van der Waals surface area contributed by atoms with Crippen molar-refractivity contribution in [3.8, 4) is 5.75 Å². The van der Waals surface area contributed by atoms with Crippen LogP contribution in [0.4, 0.5) is 0 Å². The van der Waals surface area contributed by atoms with Crippen LogP contribution in [0, 0.1) is 25.7 Å². The smallest absolute Gasteiger partial charge is 0.128 e. The van der Waals surface area contributed by atoms with Gasteiger partial charge in [0, 0.05) is 29.9 Å². The van der Waals surface area contributed by atoms with Crippen LogP contribution in [0.3, 0.4) is 0 Å². The molecule has 2 fully saturated rings. The van der Waals surface area contributed by atoms with Crippen LogP contribution in [0.25, 0.3) is 0 Å². The van der Waals surface area contributed by atoms with Crippen molar-refractivity contribution in [3.63, 3.8) is 0 Å². The fraction of sp³-hybridized carbons (Fsp3) is 0.688. The summed E-state index contributed by atoms with van der Waals surface area (Å²) in [6, 6.07) is 0.715. The van der Waals surface area contributed by atoms with Crippen molar-refractivity contribution in [2.24, 2.45) is 11.8 Å². The average molecular weight is 260 g/mol. The molecule has 2 aliphatic carbocycles. The zero-order valence-electron chi connectivity index (χ0n) is 12.2. The summed E-state index contributed by atoms with van der Waals surface area (Å²) in [4.78, 5) is 4.57. The normalized spacial score (nSPS) is 28.9. The largest absolute Gasteiger partial charge is 0.496 e. The SMILES string of the molecule is COc1c(C)cnc(CNC2CC3CCC2C3)c1C. The monoisotopic (exact) mass is 260 g/mol. The van der Waals surface area contributed by atoms with Crippen molar-refractivity contribution >= 4 is 0 Å². The Morgan fingerprint density at radius 3 is 2.79 bits per heavy atom. The van der Waals surface area contributed by atoms with Gasteiger partial charge >= 0.3 is 0 Å². The minimum atomic E-state index is 0.715. The number of ether oxygens (including phenoxy) is 1. The highest BCUT2D eigenvalue weighted by molar-refractivity contribution is 5.41. The molecule has 1 N–H and O–H groups in total. The minimum Gasteiger partial charge on any atom is -0.496 e. The molecule has 0 radical (unpaired) electrons. The van der Waals surface area contributed by atoms with E-state index in [2.05, 4.69) is 17.2 Å². The first kappa shape index (κ1) is 12.9. The van der Waals surface area contributed by atoms with Gasteiger partial charge in [-0.15, -0.1) is 0 Å². The van der Waals surface area contributed by atoms with Gasteiger partial charge in [0.1, 0.15) is 5.75 Å². The Morgan fingerprint density at radius 2 is 2.16 bits per heavy atom. The molecule has 2 saturated carbocycles. The minimum absolute atomic E-state index is 0.715. The Kier molecular flexibility index (Phi) is 3.48. The highest BCUT2D eigenvalue weighted by Gasteiger charge is 2.39. The van der Waals surface area contributed by atoms with E-state index in [9.17, 15) is 0 Å². The summed E-state index contributed by atoms with van der Waals surface area (Å²) in [7, 11) is 1.74. The number of rotatable bonds is 4. The number of nitrogens with zero attached hydrogens (tertiary/aromatic N) is 1. The van der Waals surface area contributed by atoms with E-state index < -0.39 is 0 Å². The summed E-state index contributed by atoms with van der Waals surface area (Å²) in [6.07, 6.45) is 7.61. The Hall–Kier alpha value is -1.09. The lowest BCUT2D eigenvalue weighted by atomic mass is 9.95. The van der Waals surface area contributed by atoms with Gasteiger partial charge in [0.2, 0.25) is 0 Å². The summed E-state index contributed by atoms with van der Waals surface area (Å²) < 4.78 is 5.47. The molecule has 19 heavy (non-hydrogen) atoms. The van der Waals surface area contributed by atoms with E-state index in [1.165, 1.54) is 31.2 Å². The molecule has 0 spiro atoms. The lowest BCUT2D eigenvalue weighted by Crippen LogP contribution is -2.33. The molecule has 0 aromatic carbocycles. The molecule has 3 rings (SSSR count). The van der Waals surface area contributed by atoms with Gasteiger partial charge < -0.3 is 10.1 Å². The number of methoxy groups -OCH3 is 1. The van der Waals surface area contributed by atoms with E-state index in [-0.39, 0.29) is 0 Å². The van der Waals surface area contributed by atoms with Crippen molar-refractivity contribution < 1.29 is 4.74 Å². The lowest BCUT2D eigenvalue weighted by Gasteiger charge is -2.23. The molecule has 1 heterocycles. The van der Waals surface area contributed by atoms with Gasteiger partial charge in [0.05, 0.1) is 12.8 Å². The molecule has 1 aromatic rings. The second kappa shape index (κ2) is 5.12. The fourth-order valence-corrected chi connectivity index (χ4v) is 3.97. The quantitative estimate of drug-likeness (QED) is 0.903. The molecule has 0 aliphatic heterocycles. The first-order chi connectivity index (χ1) is 9.19. The summed E-state index contributed by atoms with van der Waals surface area (Å²) in [6.45, 7) is 5.03. The van der Waals surface area contributed by atoms with Crippen LogP contribution >= 0.6 is 0 Å². The zero-order valence-corrected chi connectivity index (χ0v) is 12.2. The van der Waals surface area contributed by atoms with E-state index in [0.29, 0.717) is 6.04 Å². The predicted octanol–water partition coefficient (Wildman–Crippen LogP) is 2.99. The first-order valence-corrected chi connectivity index (χ1v) is 7.41. The van der Waals surface area contributed by atoms with Crippen LogP contribution in [0.2, 0.25) is 0 Å². The van der Waals surface area contributed by atoms with E-state index >= 15 is 0 Å². The molecule has 0 amide bonds. The van der Waals surface area contributed by atoms with E-state index in [0.717, 1.165) is 35.4 Å². The maximum atomic E-state index is 5.47. The molecule has 3 nitrogen and oxygen atoms in total. The number of hydrogen-bond acceptors (Lipinski definition) is 3. The number of hydrogen-bond donors (Lipinski definition) is 1. The summed E-state index contributed by atoms with van der Waals surface area (Å²) in [5.41, 5.74) is 3.42. The van der Waals surface area contributed by atoms with Crippen molar-refractivity contribution in [2.45, 2.75) is 52.1 Å². The Bertz CT molecular complexity index is 472. The topological polar surface area (TPSA) is 34.1 Å². The number of fused-ring (bicyclic) bond motifs is 2. The molecule has 2 aliphatic rings. The maximum Gasteiger partial charge on any atom is 0.128 e. The van der Waals surface area contributed by atoms with Crippen LogP contribution in [0.5, 0.6) is 5.75 Å². The highest BCUT2D eigenvalue weighted by Crippen LogP contribution is 2.44. The molecule has 1 aromatic heterocycles. The number of aromatic nitrogens is 1. The summed E-state index contributed by atoms with van der Waals surface area (Å²) in [5.74, 6) is 2.89. The lowest BCUT2D eigenvalue weighted by molar-refractivity contribution is 0.348. The maximum absolute atomic E-state index is 5.47. The van der Waals surface area contributed by atoms with Gasteiger partial charge in [-0.25, -0.2) is 0 Å². The number of nitrogens with one attached hydrogen (secondary N) is 1. The third-order valence-electron chi connectivity index (χ3n) is 5.02. The van der Waals surface area contributed by atoms with E-state index in [1.54, 1.807) is 7.11 Å². The van der Waals surface area contributed by atoms with Gasteiger partial charge in [-0.3, -0.25) is 4.98 Å². The standard InChI is InChI=1S/C16H24N2O/c1-10-8-17-15(11(2)16(10)19-3)9-18-14-7-12-4-5-13(14)6-12/h8,12-14,18H,4-7,9H2,1-3H3. The van der Waals surface area contributed by atoms with Gasteiger partial charge in [0.15, 0.2) is 0 Å². The average Bonchev–Trinajstić information content (AvgIpc) is 3.00. The van der Waals surface area contributed by atoms with Crippen LogP contribution in [0.15, 0.2) is 6.20 Å². The highest BCUT2D eigenvalue weighted by atomic mass is 16.5. The molecule has 3 heteroatoms.